The van der Waals surface area contributed by atoms with Gasteiger partial charge in [-0.25, -0.2) is 4.39 Å². The maximum atomic E-state index is 13.3. The fourth-order valence-corrected chi connectivity index (χ4v) is 4.31. The summed E-state index contributed by atoms with van der Waals surface area (Å²) in [6, 6.07) is 8.59. The van der Waals surface area contributed by atoms with Gasteiger partial charge in [0.2, 0.25) is 5.91 Å². The van der Waals surface area contributed by atoms with Crippen LogP contribution < -0.4 is 10.6 Å². The quantitative estimate of drug-likeness (QED) is 0.822. The molecule has 1 aromatic heterocycles. The second-order valence-corrected chi connectivity index (χ2v) is 7.56. The number of carbonyl (C=O) groups is 1. The van der Waals surface area contributed by atoms with Crippen molar-refractivity contribution in [2.24, 2.45) is 0 Å². The Morgan fingerprint density at radius 1 is 1.19 bits per heavy atom. The molecule has 0 spiro atoms. The first-order chi connectivity index (χ1) is 12.6. The molecule has 5 nitrogen and oxygen atoms in total. The number of aromatic nitrogens is 2. The Morgan fingerprint density at radius 2 is 1.89 bits per heavy atom. The minimum absolute atomic E-state index is 0. The van der Waals surface area contributed by atoms with E-state index in [-0.39, 0.29) is 29.5 Å². The lowest BCUT2D eigenvalue weighted by atomic mass is 9.64. The fourth-order valence-electron chi connectivity index (χ4n) is 4.31. The number of amides is 1. The van der Waals surface area contributed by atoms with E-state index in [1.807, 2.05) is 29.1 Å². The van der Waals surface area contributed by atoms with Crippen LogP contribution in [0.3, 0.4) is 0 Å². The molecule has 0 unspecified atom stereocenters. The van der Waals surface area contributed by atoms with Crippen LogP contribution in [0.25, 0.3) is 0 Å². The lowest BCUT2D eigenvalue weighted by molar-refractivity contribution is -0.132. The van der Waals surface area contributed by atoms with Gasteiger partial charge in [-0.05, 0) is 62.5 Å². The number of hydrogen-bond acceptors (Lipinski definition) is 3. The fraction of sp³-hybridized carbons (Fsp3) is 0.500. The summed E-state index contributed by atoms with van der Waals surface area (Å²) >= 11 is 0. The zero-order chi connectivity index (χ0) is 18.0. The van der Waals surface area contributed by atoms with Crippen molar-refractivity contribution >= 4 is 18.3 Å². The second-order valence-electron chi connectivity index (χ2n) is 7.56. The van der Waals surface area contributed by atoms with Gasteiger partial charge in [0, 0.05) is 24.4 Å². The average Bonchev–Trinajstić information content (AvgIpc) is 3.18. The number of halogens is 2. The summed E-state index contributed by atoms with van der Waals surface area (Å²) in [5, 5.41) is 10.9. The van der Waals surface area contributed by atoms with Crippen LogP contribution in [0.15, 0.2) is 42.7 Å². The van der Waals surface area contributed by atoms with Gasteiger partial charge in [0.25, 0.3) is 0 Å². The number of piperidine rings is 1. The van der Waals surface area contributed by atoms with Gasteiger partial charge in [-0.2, -0.15) is 5.10 Å². The van der Waals surface area contributed by atoms with Crippen molar-refractivity contribution < 1.29 is 9.18 Å². The average molecular weight is 393 g/mol. The Balaban J connectivity index is 0.00000210. The summed E-state index contributed by atoms with van der Waals surface area (Å²) in [5.41, 5.74) is 0.424. The molecule has 27 heavy (non-hydrogen) atoms. The van der Waals surface area contributed by atoms with Crippen molar-refractivity contribution in [1.29, 1.82) is 0 Å². The first kappa shape index (κ1) is 19.8. The van der Waals surface area contributed by atoms with E-state index in [0.717, 1.165) is 50.8 Å². The molecule has 2 heterocycles. The Morgan fingerprint density at radius 3 is 2.44 bits per heavy atom. The van der Waals surface area contributed by atoms with Crippen LogP contribution in [-0.2, 0) is 15.7 Å². The van der Waals surface area contributed by atoms with Crippen LogP contribution in [0, 0.1) is 5.82 Å². The standard InChI is InChI=1S/C20H25FN4O.ClH/c21-17-5-3-16(4-6-17)19(7-1-8-19)15-23-18(26)20(9-12-22-13-10-20)25-14-2-11-24-25;/h2-6,11,14,22H,1,7-10,12-13,15H2,(H,23,26);1H. The third kappa shape index (κ3) is 3.60. The van der Waals surface area contributed by atoms with Gasteiger partial charge in [0.1, 0.15) is 11.4 Å². The molecular formula is C20H26ClFN4O. The first-order valence-electron chi connectivity index (χ1n) is 9.40. The zero-order valence-corrected chi connectivity index (χ0v) is 16.1. The lowest BCUT2D eigenvalue weighted by Gasteiger charge is -2.44. The minimum Gasteiger partial charge on any atom is -0.353 e. The van der Waals surface area contributed by atoms with Crippen molar-refractivity contribution in [2.45, 2.75) is 43.1 Å². The summed E-state index contributed by atoms with van der Waals surface area (Å²) in [5.74, 6) is -0.185. The van der Waals surface area contributed by atoms with Crippen LogP contribution in [0.2, 0.25) is 0 Å². The molecule has 1 amide bonds. The topological polar surface area (TPSA) is 59.0 Å². The van der Waals surface area contributed by atoms with E-state index in [2.05, 4.69) is 15.7 Å². The predicted octanol–water partition coefficient (Wildman–Crippen LogP) is 2.76. The Hall–Kier alpha value is -1.92. The van der Waals surface area contributed by atoms with Crippen molar-refractivity contribution in [3.63, 3.8) is 0 Å². The molecule has 4 rings (SSSR count). The number of benzene rings is 1. The van der Waals surface area contributed by atoms with E-state index in [4.69, 9.17) is 0 Å². The normalized spacial score (nSPS) is 20.2. The molecule has 1 aliphatic heterocycles. The molecule has 2 aromatic rings. The van der Waals surface area contributed by atoms with Gasteiger partial charge in [0.05, 0.1) is 0 Å². The van der Waals surface area contributed by atoms with Gasteiger partial charge < -0.3 is 10.6 Å². The maximum absolute atomic E-state index is 13.3. The highest BCUT2D eigenvalue weighted by Crippen LogP contribution is 2.43. The molecule has 1 aliphatic carbocycles. The van der Waals surface area contributed by atoms with Crippen molar-refractivity contribution in [2.75, 3.05) is 19.6 Å². The third-order valence-electron chi connectivity index (χ3n) is 6.15. The molecule has 146 valence electrons. The summed E-state index contributed by atoms with van der Waals surface area (Å²) in [7, 11) is 0. The Labute approximate surface area is 165 Å². The number of nitrogens with zero attached hydrogens (tertiary/aromatic N) is 2. The van der Waals surface area contributed by atoms with Crippen LogP contribution in [0.5, 0.6) is 0 Å². The van der Waals surface area contributed by atoms with Crippen LogP contribution in [0.1, 0.15) is 37.7 Å². The number of carbonyl (C=O) groups excluding carboxylic acids is 1. The molecule has 2 fully saturated rings. The Kier molecular flexibility index (Phi) is 5.86. The largest absolute Gasteiger partial charge is 0.353 e. The molecule has 2 aliphatic rings. The molecule has 1 saturated heterocycles. The molecule has 0 radical (unpaired) electrons. The van der Waals surface area contributed by atoms with Crippen molar-refractivity contribution in [3.05, 3.63) is 54.1 Å². The lowest BCUT2D eigenvalue weighted by Crippen LogP contribution is -2.57. The molecule has 1 saturated carbocycles. The van der Waals surface area contributed by atoms with Crippen molar-refractivity contribution in [3.8, 4) is 0 Å². The molecule has 0 bridgehead atoms. The molecular weight excluding hydrogens is 367 g/mol. The van der Waals surface area contributed by atoms with E-state index in [1.54, 1.807) is 6.20 Å². The summed E-state index contributed by atoms with van der Waals surface area (Å²) in [6.07, 6.45) is 8.24. The highest BCUT2D eigenvalue weighted by atomic mass is 35.5. The molecule has 0 atom stereocenters. The van der Waals surface area contributed by atoms with Gasteiger partial charge in [-0.3, -0.25) is 9.48 Å². The Bertz CT molecular complexity index is 753. The SMILES string of the molecule is Cl.O=C(NCC1(c2ccc(F)cc2)CCC1)C1(n2cccn2)CCNCC1. The van der Waals surface area contributed by atoms with E-state index in [0.29, 0.717) is 6.54 Å². The summed E-state index contributed by atoms with van der Waals surface area (Å²) < 4.78 is 15.1. The second kappa shape index (κ2) is 7.98. The summed E-state index contributed by atoms with van der Waals surface area (Å²) in [4.78, 5) is 13.2. The zero-order valence-electron chi connectivity index (χ0n) is 15.3. The highest BCUT2D eigenvalue weighted by molar-refractivity contribution is 5.85. The van der Waals surface area contributed by atoms with Gasteiger partial charge >= 0.3 is 0 Å². The first-order valence-corrected chi connectivity index (χ1v) is 9.40. The monoisotopic (exact) mass is 392 g/mol. The van der Waals surface area contributed by atoms with E-state index in [1.165, 1.54) is 12.1 Å². The van der Waals surface area contributed by atoms with Gasteiger partial charge in [0.15, 0.2) is 0 Å². The number of rotatable bonds is 5. The molecule has 1 aromatic carbocycles. The van der Waals surface area contributed by atoms with Crippen LogP contribution in [0.4, 0.5) is 4.39 Å². The van der Waals surface area contributed by atoms with E-state index in [9.17, 15) is 9.18 Å². The van der Waals surface area contributed by atoms with E-state index < -0.39 is 5.54 Å². The third-order valence-corrected chi connectivity index (χ3v) is 6.15. The number of hydrogen-bond donors (Lipinski definition) is 2. The molecule has 7 heteroatoms. The minimum atomic E-state index is -0.623. The summed E-state index contributed by atoms with van der Waals surface area (Å²) in [6.45, 7) is 2.20. The van der Waals surface area contributed by atoms with Crippen LogP contribution >= 0.6 is 12.4 Å². The van der Waals surface area contributed by atoms with E-state index >= 15 is 0 Å². The maximum Gasteiger partial charge on any atom is 0.248 e. The number of nitrogens with one attached hydrogen (secondary N) is 2. The highest BCUT2D eigenvalue weighted by Gasteiger charge is 2.44. The smallest absolute Gasteiger partial charge is 0.248 e. The molecule has 2 N–H and O–H groups in total. The van der Waals surface area contributed by atoms with Gasteiger partial charge in [-0.15, -0.1) is 12.4 Å². The van der Waals surface area contributed by atoms with Crippen molar-refractivity contribution in [1.82, 2.24) is 20.4 Å². The van der Waals surface area contributed by atoms with Crippen LogP contribution in [-0.4, -0.2) is 35.3 Å². The predicted molar refractivity (Wildman–Crippen MR) is 104 cm³/mol. The van der Waals surface area contributed by atoms with Gasteiger partial charge in [-0.1, -0.05) is 18.6 Å².